The minimum atomic E-state index is -3.87. The Labute approximate surface area is 181 Å². The van der Waals surface area contributed by atoms with Gasteiger partial charge in [-0.2, -0.15) is 9.40 Å². The number of aromatic nitrogens is 2. The smallest absolute Gasteiger partial charge is 0.246 e. The first kappa shape index (κ1) is 21.3. The number of hydrogen-bond donors (Lipinski definition) is 0. The Balaban J connectivity index is 1.56. The van der Waals surface area contributed by atoms with Crippen LogP contribution >= 0.6 is 0 Å². The molecule has 1 saturated heterocycles. The van der Waals surface area contributed by atoms with E-state index in [1.807, 2.05) is 48.9 Å². The van der Waals surface area contributed by atoms with Crippen LogP contribution in [0.2, 0.25) is 0 Å². The molecule has 0 N–H and O–H groups in total. The number of nitrogens with zero attached hydrogens (tertiary/aromatic N) is 4. The lowest BCUT2D eigenvalue weighted by Crippen LogP contribution is -2.49. The minimum absolute atomic E-state index is 0.139. The maximum absolute atomic E-state index is 13.7. The molecule has 0 atom stereocenters. The van der Waals surface area contributed by atoms with Gasteiger partial charge in [-0.05, 0) is 44.2 Å². The second-order valence-corrected chi connectivity index (χ2v) is 9.36. The highest BCUT2D eigenvalue weighted by molar-refractivity contribution is 7.89. The van der Waals surface area contributed by atoms with Crippen molar-refractivity contribution in [2.24, 2.45) is 0 Å². The van der Waals surface area contributed by atoms with E-state index in [9.17, 15) is 12.8 Å². The SMILES string of the molecule is COc1ccc(F)cc1S(=O)(=O)N1CCN(c2c(C)nn(-c3ccccc3)c2C)CC1. The summed E-state index contributed by atoms with van der Waals surface area (Å²) in [6, 6.07) is 13.4. The topological polar surface area (TPSA) is 67.7 Å². The van der Waals surface area contributed by atoms with Gasteiger partial charge in [-0.25, -0.2) is 17.5 Å². The van der Waals surface area contributed by atoms with Gasteiger partial charge in [0.2, 0.25) is 10.0 Å². The fraction of sp³-hybridized carbons (Fsp3) is 0.318. The summed E-state index contributed by atoms with van der Waals surface area (Å²) in [6.07, 6.45) is 0. The number of halogens is 1. The molecular weight excluding hydrogens is 419 g/mol. The molecule has 1 aliphatic rings. The van der Waals surface area contributed by atoms with Crippen molar-refractivity contribution in [3.05, 3.63) is 65.7 Å². The van der Waals surface area contributed by atoms with E-state index in [-0.39, 0.29) is 23.7 Å². The maximum atomic E-state index is 13.7. The summed E-state index contributed by atoms with van der Waals surface area (Å²) < 4.78 is 48.4. The molecule has 0 aliphatic carbocycles. The van der Waals surface area contributed by atoms with Crippen molar-refractivity contribution in [2.75, 3.05) is 38.2 Å². The largest absolute Gasteiger partial charge is 0.495 e. The highest BCUT2D eigenvalue weighted by atomic mass is 32.2. The Morgan fingerprint density at radius 2 is 1.68 bits per heavy atom. The van der Waals surface area contributed by atoms with E-state index < -0.39 is 15.8 Å². The molecular formula is C22H25FN4O3S. The zero-order chi connectivity index (χ0) is 22.2. The summed E-state index contributed by atoms with van der Waals surface area (Å²) in [5.41, 5.74) is 3.90. The summed E-state index contributed by atoms with van der Waals surface area (Å²) in [4.78, 5) is 2.01. The molecule has 1 aliphatic heterocycles. The molecule has 2 heterocycles. The van der Waals surface area contributed by atoms with Gasteiger partial charge in [0, 0.05) is 26.2 Å². The zero-order valence-corrected chi connectivity index (χ0v) is 18.6. The average Bonchev–Trinajstić information content (AvgIpc) is 3.08. The minimum Gasteiger partial charge on any atom is -0.495 e. The molecule has 0 saturated carbocycles. The Morgan fingerprint density at radius 1 is 1.00 bits per heavy atom. The van der Waals surface area contributed by atoms with E-state index in [4.69, 9.17) is 4.74 Å². The number of rotatable bonds is 5. The molecule has 2 aromatic carbocycles. The molecule has 0 unspecified atom stereocenters. The van der Waals surface area contributed by atoms with Gasteiger partial charge in [0.25, 0.3) is 0 Å². The van der Waals surface area contributed by atoms with Crippen LogP contribution in [0.5, 0.6) is 5.75 Å². The first-order chi connectivity index (χ1) is 14.8. The number of anilines is 1. The molecule has 7 nitrogen and oxygen atoms in total. The lowest BCUT2D eigenvalue weighted by molar-refractivity contribution is 0.373. The van der Waals surface area contributed by atoms with Crippen LogP contribution in [0, 0.1) is 19.7 Å². The monoisotopic (exact) mass is 444 g/mol. The van der Waals surface area contributed by atoms with E-state index in [1.54, 1.807) is 0 Å². The third kappa shape index (κ3) is 3.90. The Kier molecular flexibility index (Phi) is 5.72. The van der Waals surface area contributed by atoms with Gasteiger partial charge in [-0.15, -0.1) is 0 Å². The highest BCUT2D eigenvalue weighted by Crippen LogP contribution is 2.31. The summed E-state index contributed by atoms with van der Waals surface area (Å²) in [7, 11) is -2.49. The molecule has 0 bridgehead atoms. The van der Waals surface area contributed by atoms with Crippen molar-refractivity contribution in [3.8, 4) is 11.4 Å². The number of aryl methyl sites for hydroxylation is 1. The molecule has 164 valence electrons. The third-order valence-electron chi connectivity index (χ3n) is 5.55. The van der Waals surface area contributed by atoms with Crippen LogP contribution in [-0.4, -0.2) is 55.8 Å². The normalized spacial score (nSPS) is 15.3. The van der Waals surface area contributed by atoms with Gasteiger partial charge < -0.3 is 9.64 Å². The molecule has 9 heteroatoms. The van der Waals surface area contributed by atoms with Crippen molar-refractivity contribution in [3.63, 3.8) is 0 Å². The Bertz CT molecular complexity index is 1190. The lowest BCUT2D eigenvalue weighted by atomic mass is 10.2. The first-order valence-corrected chi connectivity index (χ1v) is 11.5. The van der Waals surface area contributed by atoms with E-state index in [2.05, 4.69) is 10.00 Å². The van der Waals surface area contributed by atoms with Crippen molar-refractivity contribution in [2.45, 2.75) is 18.7 Å². The van der Waals surface area contributed by atoms with Crippen LogP contribution in [0.1, 0.15) is 11.4 Å². The molecule has 1 aromatic heterocycles. The standard InChI is InChI=1S/C22H25FN4O3S/c1-16-22(17(2)27(24-16)19-7-5-4-6-8-19)25-11-13-26(14-12-25)31(28,29)21-15-18(23)9-10-20(21)30-3/h4-10,15H,11-14H2,1-3H3. The summed E-state index contributed by atoms with van der Waals surface area (Å²) in [5.74, 6) is -0.475. The predicted octanol–water partition coefficient (Wildman–Crippen LogP) is 3.15. The first-order valence-electron chi connectivity index (χ1n) is 10.0. The van der Waals surface area contributed by atoms with Gasteiger partial charge in [0.05, 0.1) is 29.9 Å². The zero-order valence-electron chi connectivity index (χ0n) is 17.7. The van der Waals surface area contributed by atoms with Gasteiger partial charge in [-0.3, -0.25) is 0 Å². The van der Waals surface area contributed by atoms with Crippen LogP contribution in [0.4, 0.5) is 10.1 Å². The number of hydrogen-bond acceptors (Lipinski definition) is 5. The van der Waals surface area contributed by atoms with Gasteiger partial charge in [-0.1, -0.05) is 18.2 Å². The molecule has 0 amide bonds. The summed E-state index contributed by atoms with van der Waals surface area (Å²) >= 11 is 0. The van der Waals surface area contributed by atoms with Gasteiger partial charge >= 0.3 is 0 Å². The number of methoxy groups -OCH3 is 1. The molecule has 0 radical (unpaired) electrons. The number of piperazine rings is 1. The summed E-state index contributed by atoms with van der Waals surface area (Å²) in [6.45, 7) is 5.58. The van der Waals surface area contributed by atoms with E-state index in [0.29, 0.717) is 13.1 Å². The molecule has 1 fully saturated rings. The number of para-hydroxylation sites is 1. The lowest BCUT2D eigenvalue weighted by Gasteiger charge is -2.35. The molecule has 3 aromatic rings. The molecule has 4 rings (SSSR count). The molecule has 31 heavy (non-hydrogen) atoms. The Hall–Kier alpha value is -2.91. The van der Waals surface area contributed by atoms with Crippen molar-refractivity contribution >= 4 is 15.7 Å². The van der Waals surface area contributed by atoms with Crippen molar-refractivity contribution in [1.82, 2.24) is 14.1 Å². The maximum Gasteiger partial charge on any atom is 0.246 e. The highest BCUT2D eigenvalue weighted by Gasteiger charge is 2.32. The predicted molar refractivity (Wildman–Crippen MR) is 117 cm³/mol. The van der Waals surface area contributed by atoms with Crippen LogP contribution in [0.25, 0.3) is 5.69 Å². The fourth-order valence-corrected chi connectivity index (χ4v) is 5.65. The fourth-order valence-electron chi connectivity index (χ4n) is 4.06. The van der Waals surface area contributed by atoms with E-state index >= 15 is 0 Å². The second-order valence-electron chi connectivity index (χ2n) is 7.45. The van der Waals surface area contributed by atoms with Crippen molar-refractivity contribution < 1.29 is 17.5 Å². The third-order valence-corrected chi connectivity index (χ3v) is 7.47. The Morgan fingerprint density at radius 3 is 2.32 bits per heavy atom. The number of ether oxygens (including phenoxy) is 1. The summed E-state index contributed by atoms with van der Waals surface area (Å²) in [5, 5.41) is 4.69. The van der Waals surface area contributed by atoms with Crippen LogP contribution in [-0.2, 0) is 10.0 Å². The van der Waals surface area contributed by atoms with Gasteiger partial charge in [0.15, 0.2) is 0 Å². The van der Waals surface area contributed by atoms with Crippen LogP contribution in [0.15, 0.2) is 53.4 Å². The number of sulfonamides is 1. The second kappa shape index (κ2) is 8.32. The quantitative estimate of drug-likeness (QED) is 0.605. The van der Waals surface area contributed by atoms with E-state index in [0.717, 1.165) is 28.8 Å². The van der Waals surface area contributed by atoms with Gasteiger partial charge in [0.1, 0.15) is 16.5 Å². The van der Waals surface area contributed by atoms with Crippen LogP contribution in [0.3, 0.4) is 0 Å². The average molecular weight is 445 g/mol. The number of benzene rings is 2. The molecule has 0 spiro atoms. The van der Waals surface area contributed by atoms with E-state index in [1.165, 1.54) is 23.5 Å². The van der Waals surface area contributed by atoms with Crippen molar-refractivity contribution in [1.29, 1.82) is 0 Å². The van der Waals surface area contributed by atoms with Crippen LogP contribution < -0.4 is 9.64 Å².